The number of likely N-dealkylation sites (N-methyl/N-ethyl adjacent to an activating group) is 1. The summed E-state index contributed by atoms with van der Waals surface area (Å²) in [6.45, 7) is 3.02. The van der Waals surface area contributed by atoms with Crippen LogP contribution in [0.15, 0.2) is 18.2 Å². The molecule has 2 saturated heterocycles. The summed E-state index contributed by atoms with van der Waals surface area (Å²) in [6.07, 6.45) is -0.165. The molecule has 0 radical (unpaired) electrons. The van der Waals surface area contributed by atoms with Crippen molar-refractivity contribution in [1.82, 2.24) is 9.80 Å². The molecule has 2 fully saturated rings. The van der Waals surface area contributed by atoms with Crippen molar-refractivity contribution in [2.75, 3.05) is 58.9 Å². The van der Waals surface area contributed by atoms with E-state index in [-0.39, 0.29) is 43.2 Å². The first-order valence-electron chi connectivity index (χ1n) is 10.8. The highest BCUT2D eigenvalue weighted by molar-refractivity contribution is 5.92. The van der Waals surface area contributed by atoms with Crippen LogP contribution in [0.1, 0.15) is 24.3 Å². The molecule has 0 spiro atoms. The maximum atomic E-state index is 12.8. The largest absolute Gasteiger partial charge is 0.487 e. The number of nitrogens with one attached hydrogen (secondary N) is 1. The number of hydrogen-bond donors (Lipinski definition) is 2. The van der Waals surface area contributed by atoms with Gasteiger partial charge in [-0.1, -0.05) is 0 Å². The minimum absolute atomic E-state index is 0.00883. The number of amides is 2. The van der Waals surface area contributed by atoms with Crippen molar-refractivity contribution < 1.29 is 28.9 Å². The average Bonchev–Trinajstić information content (AvgIpc) is 3.12. The molecule has 0 aromatic heterocycles. The van der Waals surface area contributed by atoms with Gasteiger partial charge in [-0.05, 0) is 31.7 Å². The summed E-state index contributed by atoms with van der Waals surface area (Å²) in [6, 6.07) is 5.52. The number of benzene rings is 1. The van der Waals surface area contributed by atoms with Gasteiger partial charge in [0.1, 0.15) is 24.6 Å². The monoisotopic (exact) mass is 433 g/mol. The molecule has 9 nitrogen and oxygen atoms in total. The zero-order chi connectivity index (χ0) is 22.0. The zero-order valence-corrected chi connectivity index (χ0v) is 18.1. The van der Waals surface area contributed by atoms with E-state index >= 15 is 0 Å². The van der Waals surface area contributed by atoms with Gasteiger partial charge in [-0.2, -0.15) is 0 Å². The third-order valence-electron chi connectivity index (χ3n) is 6.32. The van der Waals surface area contributed by atoms with Crippen LogP contribution in [0.25, 0.3) is 0 Å². The van der Waals surface area contributed by atoms with Crippen LogP contribution in [0.2, 0.25) is 0 Å². The van der Waals surface area contributed by atoms with Gasteiger partial charge in [-0.15, -0.1) is 0 Å². The van der Waals surface area contributed by atoms with Crippen molar-refractivity contribution in [3.63, 3.8) is 0 Å². The van der Waals surface area contributed by atoms with Crippen molar-refractivity contribution in [2.45, 2.75) is 37.1 Å². The van der Waals surface area contributed by atoms with Crippen molar-refractivity contribution >= 4 is 17.5 Å². The predicted octanol–water partition coefficient (Wildman–Crippen LogP) is 0.430. The number of aliphatic hydroxyl groups is 1. The number of carbonyl (C=O) groups excluding carboxylic acids is 2. The fourth-order valence-corrected chi connectivity index (χ4v) is 4.67. The lowest BCUT2D eigenvalue weighted by Gasteiger charge is -2.38. The lowest BCUT2D eigenvalue weighted by atomic mass is 9.84. The summed E-state index contributed by atoms with van der Waals surface area (Å²) in [5.41, 5.74) is 1.64. The Balaban J connectivity index is 1.46. The van der Waals surface area contributed by atoms with Gasteiger partial charge < -0.3 is 34.4 Å². The summed E-state index contributed by atoms with van der Waals surface area (Å²) in [5.74, 6) is 0.583. The van der Waals surface area contributed by atoms with E-state index in [0.29, 0.717) is 18.5 Å². The second-order valence-electron chi connectivity index (χ2n) is 8.53. The highest BCUT2D eigenvalue weighted by atomic mass is 16.6. The Morgan fingerprint density at radius 2 is 2.03 bits per heavy atom. The number of carbonyl (C=O) groups is 2. The van der Waals surface area contributed by atoms with Crippen molar-refractivity contribution in [3.8, 4) is 5.75 Å². The molecule has 4 rings (SSSR count). The van der Waals surface area contributed by atoms with Gasteiger partial charge in [0.05, 0.1) is 19.1 Å². The van der Waals surface area contributed by atoms with Crippen molar-refractivity contribution in [1.29, 1.82) is 0 Å². The average molecular weight is 434 g/mol. The minimum Gasteiger partial charge on any atom is -0.487 e. The summed E-state index contributed by atoms with van der Waals surface area (Å²) < 4.78 is 17.0. The summed E-state index contributed by atoms with van der Waals surface area (Å²) in [5, 5.41) is 12.7. The molecule has 3 aliphatic rings. The van der Waals surface area contributed by atoms with Gasteiger partial charge in [-0.25, -0.2) is 0 Å². The Labute approximate surface area is 182 Å². The molecule has 3 heterocycles. The SMILES string of the molecule is COCC(=O)Nc1ccc2c(c1)[C@@H]1C[C@@H](CC(=O)N3CCN(C)CC3)O[C@H](CO)[C@@H]1O2. The Kier molecular flexibility index (Phi) is 6.76. The van der Waals surface area contributed by atoms with E-state index < -0.39 is 6.10 Å². The Bertz CT molecular complexity index is 810. The molecule has 0 bridgehead atoms. The third-order valence-corrected chi connectivity index (χ3v) is 6.32. The van der Waals surface area contributed by atoms with Crippen LogP contribution >= 0.6 is 0 Å². The quantitative estimate of drug-likeness (QED) is 0.671. The molecule has 2 amide bonds. The van der Waals surface area contributed by atoms with Gasteiger partial charge in [0.25, 0.3) is 0 Å². The summed E-state index contributed by atoms with van der Waals surface area (Å²) in [7, 11) is 3.53. The molecule has 170 valence electrons. The lowest BCUT2D eigenvalue weighted by Crippen LogP contribution is -2.50. The van der Waals surface area contributed by atoms with E-state index in [1.807, 2.05) is 17.0 Å². The van der Waals surface area contributed by atoms with Gasteiger partial charge in [0, 0.05) is 50.5 Å². The molecule has 0 unspecified atom stereocenters. The summed E-state index contributed by atoms with van der Waals surface area (Å²) >= 11 is 0. The number of hydrogen-bond acceptors (Lipinski definition) is 7. The molecule has 2 N–H and O–H groups in total. The molecule has 4 atom stereocenters. The molecule has 3 aliphatic heterocycles. The van der Waals surface area contributed by atoms with Crippen molar-refractivity contribution in [2.24, 2.45) is 0 Å². The molecule has 1 aromatic rings. The van der Waals surface area contributed by atoms with Crippen LogP contribution in [-0.2, 0) is 19.1 Å². The molecular weight excluding hydrogens is 402 g/mol. The van der Waals surface area contributed by atoms with Crippen molar-refractivity contribution in [3.05, 3.63) is 23.8 Å². The Morgan fingerprint density at radius 3 is 2.74 bits per heavy atom. The van der Waals surface area contributed by atoms with E-state index in [4.69, 9.17) is 14.2 Å². The van der Waals surface area contributed by atoms with Crippen LogP contribution in [0, 0.1) is 0 Å². The predicted molar refractivity (Wildman–Crippen MR) is 113 cm³/mol. The first-order chi connectivity index (χ1) is 15.0. The van der Waals surface area contributed by atoms with Gasteiger partial charge in [0.15, 0.2) is 0 Å². The number of piperazine rings is 1. The van der Waals surface area contributed by atoms with Crippen LogP contribution < -0.4 is 10.1 Å². The van der Waals surface area contributed by atoms with Gasteiger partial charge in [0.2, 0.25) is 11.8 Å². The molecular formula is C22H31N3O6. The molecule has 0 aliphatic carbocycles. The smallest absolute Gasteiger partial charge is 0.250 e. The maximum absolute atomic E-state index is 12.8. The minimum atomic E-state index is -0.497. The fraction of sp³-hybridized carbons (Fsp3) is 0.636. The zero-order valence-electron chi connectivity index (χ0n) is 18.1. The van der Waals surface area contributed by atoms with E-state index in [9.17, 15) is 14.7 Å². The molecule has 0 saturated carbocycles. The van der Waals surface area contributed by atoms with Crippen LogP contribution in [0.4, 0.5) is 5.69 Å². The molecule has 9 heteroatoms. The number of nitrogens with zero attached hydrogens (tertiary/aromatic N) is 2. The second kappa shape index (κ2) is 9.52. The third kappa shape index (κ3) is 4.85. The number of methoxy groups -OCH3 is 1. The Morgan fingerprint density at radius 1 is 1.26 bits per heavy atom. The molecule has 31 heavy (non-hydrogen) atoms. The Hall–Kier alpha value is -2.20. The number of fused-ring (bicyclic) bond motifs is 3. The topological polar surface area (TPSA) is 101 Å². The second-order valence-corrected chi connectivity index (χ2v) is 8.53. The number of anilines is 1. The fourth-order valence-electron chi connectivity index (χ4n) is 4.67. The van der Waals surface area contributed by atoms with E-state index in [1.165, 1.54) is 7.11 Å². The highest BCUT2D eigenvalue weighted by Gasteiger charge is 2.46. The van der Waals surface area contributed by atoms with Crippen LogP contribution in [0.3, 0.4) is 0 Å². The number of aliphatic hydroxyl groups excluding tert-OH is 1. The highest BCUT2D eigenvalue weighted by Crippen LogP contribution is 2.47. The van der Waals surface area contributed by atoms with E-state index in [0.717, 1.165) is 37.5 Å². The normalized spacial score (nSPS) is 27.9. The first kappa shape index (κ1) is 22.0. The number of rotatable bonds is 6. The number of ether oxygens (including phenoxy) is 3. The standard InChI is InChI=1S/C22H31N3O6/c1-24-5-7-25(8-6-24)21(28)11-15-10-17-16-9-14(23-20(27)13-29-2)3-4-18(16)31-22(17)19(12-26)30-15/h3-4,9,15,17,19,22,26H,5-8,10-13H2,1-2H3,(H,23,27)/t15-,17-,19+,22+/m0/s1. The lowest BCUT2D eigenvalue weighted by molar-refractivity contribution is -0.150. The maximum Gasteiger partial charge on any atom is 0.250 e. The van der Waals surface area contributed by atoms with Gasteiger partial charge in [-0.3, -0.25) is 9.59 Å². The van der Waals surface area contributed by atoms with E-state index in [2.05, 4.69) is 17.3 Å². The van der Waals surface area contributed by atoms with Gasteiger partial charge >= 0.3 is 0 Å². The summed E-state index contributed by atoms with van der Waals surface area (Å²) in [4.78, 5) is 28.8. The first-order valence-corrected chi connectivity index (χ1v) is 10.8. The molecule has 1 aromatic carbocycles. The van der Waals surface area contributed by atoms with Crippen LogP contribution in [0.5, 0.6) is 5.75 Å². The van der Waals surface area contributed by atoms with E-state index in [1.54, 1.807) is 6.07 Å². The van der Waals surface area contributed by atoms with Crippen LogP contribution in [-0.4, -0.2) is 98.6 Å².